The molecule has 0 fully saturated rings. The summed E-state index contributed by atoms with van der Waals surface area (Å²) < 4.78 is 0. The van der Waals surface area contributed by atoms with Crippen molar-refractivity contribution in [3.05, 3.63) is 48.7 Å². The third-order valence-electron chi connectivity index (χ3n) is 1.57. The number of carbonyl (C=O) groups excluding carboxylic acids is 1. The van der Waals surface area contributed by atoms with Gasteiger partial charge < -0.3 is 5.32 Å². The predicted octanol–water partition coefficient (Wildman–Crippen LogP) is 2.32. The normalized spacial score (nSPS) is 11.2. The minimum Gasteiger partial charge on any atom is -0.322 e. The number of hydrogen-bond acceptors (Lipinski definition) is 1. The molecule has 0 aromatic rings. The Kier molecular flexibility index (Phi) is 4.52. The van der Waals surface area contributed by atoms with Crippen LogP contribution in [0.25, 0.3) is 0 Å². The lowest BCUT2D eigenvalue weighted by Crippen LogP contribution is -2.22. The number of nitrogens with one attached hydrogen (secondary N) is 1. The zero-order valence-electron chi connectivity index (χ0n) is 8.18. The van der Waals surface area contributed by atoms with Crippen LogP contribution in [0.1, 0.15) is 13.8 Å². The van der Waals surface area contributed by atoms with Crippen molar-refractivity contribution in [3.8, 4) is 0 Å². The van der Waals surface area contributed by atoms with E-state index in [1.165, 1.54) is 0 Å². The Balaban J connectivity index is 4.66. The van der Waals surface area contributed by atoms with Crippen molar-refractivity contribution in [2.75, 3.05) is 0 Å². The van der Waals surface area contributed by atoms with Crippen LogP contribution in [0.3, 0.4) is 0 Å². The van der Waals surface area contributed by atoms with Crippen molar-refractivity contribution in [1.29, 1.82) is 0 Å². The minimum atomic E-state index is -0.198. The van der Waals surface area contributed by atoms with Gasteiger partial charge in [0.1, 0.15) is 0 Å². The molecular weight excluding hydrogens is 162 g/mol. The molecule has 0 aromatic heterocycles. The molecule has 0 aromatic carbocycles. The van der Waals surface area contributed by atoms with E-state index in [4.69, 9.17) is 0 Å². The molecule has 0 bridgehead atoms. The van der Waals surface area contributed by atoms with E-state index in [9.17, 15) is 4.79 Å². The highest BCUT2D eigenvalue weighted by atomic mass is 16.1. The number of carbonyl (C=O) groups is 1. The molecule has 1 N–H and O–H groups in total. The number of rotatable bonds is 4. The molecule has 0 radical (unpaired) electrons. The van der Waals surface area contributed by atoms with Gasteiger partial charge in [-0.2, -0.15) is 0 Å². The van der Waals surface area contributed by atoms with Crippen LogP contribution in [-0.2, 0) is 4.79 Å². The zero-order valence-corrected chi connectivity index (χ0v) is 8.18. The fourth-order valence-corrected chi connectivity index (χ4v) is 0.650. The van der Waals surface area contributed by atoms with Gasteiger partial charge in [-0.3, -0.25) is 4.79 Å². The van der Waals surface area contributed by atoms with Crippen LogP contribution >= 0.6 is 0 Å². The Morgan fingerprint density at radius 2 is 1.77 bits per heavy atom. The van der Waals surface area contributed by atoms with E-state index in [0.29, 0.717) is 11.3 Å². The predicted molar refractivity (Wildman–Crippen MR) is 56.1 cm³/mol. The van der Waals surface area contributed by atoms with Crippen molar-refractivity contribution in [3.63, 3.8) is 0 Å². The van der Waals surface area contributed by atoms with E-state index < -0.39 is 0 Å². The molecule has 2 heteroatoms. The van der Waals surface area contributed by atoms with Crippen LogP contribution in [0, 0.1) is 0 Å². The Morgan fingerprint density at radius 1 is 1.23 bits per heavy atom. The summed E-state index contributed by atoms with van der Waals surface area (Å²) in [6.45, 7) is 14.2. The number of hydrogen-bond donors (Lipinski definition) is 1. The molecule has 0 unspecified atom stereocenters. The molecule has 70 valence electrons. The van der Waals surface area contributed by atoms with Gasteiger partial charge in [-0.25, -0.2) is 0 Å². The second kappa shape index (κ2) is 5.14. The van der Waals surface area contributed by atoms with Crippen molar-refractivity contribution < 1.29 is 4.79 Å². The van der Waals surface area contributed by atoms with Gasteiger partial charge in [-0.1, -0.05) is 25.8 Å². The maximum atomic E-state index is 11.2. The van der Waals surface area contributed by atoms with Gasteiger partial charge in [0.15, 0.2) is 0 Å². The lowest BCUT2D eigenvalue weighted by atomic mass is 10.2. The first-order valence-electron chi connectivity index (χ1n) is 3.95. The SMILES string of the molecule is C=C/C(C)=C(\C=C)NC(=O)C(=C)C. The van der Waals surface area contributed by atoms with Crippen LogP contribution in [0.15, 0.2) is 48.7 Å². The largest absolute Gasteiger partial charge is 0.322 e. The average Bonchev–Trinajstić information content (AvgIpc) is 2.12. The molecule has 0 saturated heterocycles. The van der Waals surface area contributed by atoms with Gasteiger partial charge in [0.25, 0.3) is 5.91 Å². The standard InChI is InChI=1S/C11H15NO/c1-6-9(5)10(7-2)12-11(13)8(3)4/h6-7H,1-3H2,4-5H3,(H,12,13)/b10-9+. The van der Waals surface area contributed by atoms with Gasteiger partial charge in [-0.15, -0.1) is 0 Å². The first-order valence-corrected chi connectivity index (χ1v) is 3.95. The molecular formula is C11H15NO. The Morgan fingerprint density at radius 3 is 2.08 bits per heavy atom. The summed E-state index contributed by atoms with van der Waals surface area (Å²) in [7, 11) is 0. The highest BCUT2D eigenvalue weighted by Crippen LogP contribution is 2.03. The molecule has 0 aliphatic carbocycles. The van der Waals surface area contributed by atoms with E-state index >= 15 is 0 Å². The topological polar surface area (TPSA) is 29.1 Å². The van der Waals surface area contributed by atoms with Crippen molar-refractivity contribution in [1.82, 2.24) is 5.32 Å². The summed E-state index contributed by atoms with van der Waals surface area (Å²) in [4.78, 5) is 11.2. The van der Waals surface area contributed by atoms with E-state index in [0.717, 1.165) is 5.57 Å². The van der Waals surface area contributed by atoms with E-state index in [-0.39, 0.29) is 5.91 Å². The first kappa shape index (κ1) is 11.4. The Hall–Kier alpha value is -1.57. The Bertz CT molecular complexity index is 284. The van der Waals surface area contributed by atoms with Crippen LogP contribution < -0.4 is 5.32 Å². The zero-order chi connectivity index (χ0) is 10.4. The van der Waals surface area contributed by atoms with Crippen LogP contribution in [0.5, 0.6) is 0 Å². The highest BCUT2D eigenvalue weighted by Gasteiger charge is 2.03. The second-order valence-corrected chi connectivity index (χ2v) is 2.74. The van der Waals surface area contributed by atoms with Crippen molar-refractivity contribution >= 4 is 5.91 Å². The lowest BCUT2D eigenvalue weighted by Gasteiger charge is -2.07. The van der Waals surface area contributed by atoms with E-state index in [1.807, 2.05) is 6.92 Å². The van der Waals surface area contributed by atoms with Crippen molar-refractivity contribution in [2.24, 2.45) is 0 Å². The summed E-state index contributed by atoms with van der Waals surface area (Å²) >= 11 is 0. The summed E-state index contributed by atoms with van der Waals surface area (Å²) in [5, 5.41) is 2.67. The van der Waals surface area contributed by atoms with E-state index in [1.54, 1.807) is 19.1 Å². The van der Waals surface area contributed by atoms with E-state index in [2.05, 4.69) is 25.1 Å². The number of allylic oxidation sites excluding steroid dienone is 3. The fourth-order valence-electron chi connectivity index (χ4n) is 0.650. The summed E-state index contributed by atoms with van der Waals surface area (Å²) in [6, 6.07) is 0. The molecule has 2 nitrogen and oxygen atoms in total. The third kappa shape index (κ3) is 3.56. The maximum Gasteiger partial charge on any atom is 0.250 e. The lowest BCUT2D eigenvalue weighted by molar-refractivity contribution is -0.116. The molecule has 0 aliphatic heterocycles. The first-order chi connectivity index (χ1) is 6.02. The Labute approximate surface area is 79.3 Å². The molecule has 13 heavy (non-hydrogen) atoms. The summed E-state index contributed by atoms with van der Waals surface area (Å²) in [5.74, 6) is -0.198. The summed E-state index contributed by atoms with van der Waals surface area (Å²) in [6.07, 6.45) is 3.24. The van der Waals surface area contributed by atoms with Crippen molar-refractivity contribution in [2.45, 2.75) is 13.8 Å². The smallest absolute Gasteiger partial charge is 0.250 e. The molecule has 1 amide bonds. The second-order valence-electron chi connectivity index (χ2n) is 2.74. The van der Waals surface area contributed by atoms with Gasteiger partial charge in [0.05, 0.1) is 0 Å². The highest BCUT2D eigenvalue weighted by molar-refractivity contribution is 5.93. The average molecular weight is 177 g/mol. The molecule has 0 rings (SSSR count). The molecule has 0 saturated carbocycles. The van der Waals surface area contributed by atoms with Gasteiger partial charge in [0, 0.05) is 11.3 Å². The molecule has 0 spiro atoms. The van der Waals surface area contributed by atoms with Crippen LogP contribution in [0.4, 0.5) is 0 Å². The van der Waals surface area contributed by atoms with Crippen LogP contribution in [0.2, 0.25) is 0 Å². The molecule has 0 atom stereocenters. The van der Waals surface area contributed by atoms with Gasteiger partial charge >= 0.3 is 0 Å². The molecule has 0 aliphatic rings. The quantitative estimate of drug-likeness (QED) is 0.518. The summed E-state index contributed by atoms with van der Waals surface area (Å²) in [5.41, 5.74) is 2.02. The third-order valence-corrected chi connectivity index (χ3v) is 1.57. The number of amides is 1. The minimum absolute atomic E-state index is 0.198. The fraction of sp³-hybridized carbons (Fsp3) is 0.182. The monoisotopic (exact) mass is 177 g/mol. The van der Waals surface area contributed by atoms with Gasteiger partial charge in [0.2, 0.25) is 0 Å². The maximum absolute atomic E-state index is 11.2. The van der Waals surface area contributed by atoms with Crippen LogP contribution in [-0.4, -0.2) is 5.91 Å². The molecule has 0 heterocycles. The van der Waals surface area contributed by atoms with Gasteiger partial charge in [-0.05, 0) is 25.5 Å².